The maximum Gasteiger partial charge on any atom is 0.439 e. The standard InChI is InChI=1S/C22H15F2N3O3.C9H7BrN2O2.C8H6BrN/c1-12-5-6-14(20-26-22(29)30-27-20)11-16(12)13-7-9-15(10-8-13)25-21(28)19-17(23)3-2-4-18(19)24;1-5-2-3-6(4-7(5)10)8-11-9(13)14-12-8;1-6-2-3-7(5-10)4-8(6)9/h2-11H,1H3,(H,25,28)(H,26,27,29);2-4H,1H3,(H,11,12,13);2-4H,1H3. The van der Waals surface area contributed by atoms with E-state index in [1.54, 1.807) is 30.3 Å². The second kappa shape index (κ2) is 17.5. The van der Waals surface area contributed by atoms with E-state index in [1.807, 2.05) is 69.3 Å². The SMILES string of the molecule is Cc1ccc(-c2noc(=O)[nH]2)cc1-c1ccc(NC(=O)c2c(F)cccc2F)cc1.Cc1ccc(-c2noc(=O)[nH]2)cc1Br.Cc1ccc(C#N)cc1Br. The van der Waals surface area contributed by atoms with Crippen LogP contribution >= 0.6 is 31.9 Å². The number of carbonyl (C=O) groups is 1. The first-order valence-corrected chi connectivity index (χ1v) is 17.4. The minimum Gasteiger partial charge on any atom is -0.322 e. The molecule has 0 spiro atoms. The van der Waals surface area contributed by atoms with E-state index in [4.69, 9.17) is 5.26 Å². The van der Waals surface area contributed by atoms with Crippen molar-refractivity contribution in [2.45, 2.75) is 20.8 Å². The first-order valence-electron chi connectivity index (χ1n) is 15.8. The number of hydrogen-bond acceptors (Lipinski definition) is 8. The fourth-order valence-corrected chi connectivity index (χ4v) is 5.59. The maximum atomic E-state index is 13.8. The Balaban J connectivity index is 0.000000191. The number of anilines is 1. The van der Waals surface area contributed by atoms with Crippen LogP contribution in [0.5, 0.6) is 0 Å². The molecule has 0 fully saturated rings. The van der Waals surface area contributed by atoms with E-state index >= 15 is 0 Å². The molecule has 11 nitrogen and oxygen atoms in total. The van der Waals surface area contributed by atoms with Gasteiger partial charge >= 0.3 is 11.5 Å². The predicted octanol–water partition coefficient (Wildman–Crippen LogP) is 9.27. The van der Waals surface area contributed by atoms with Crippen molar-refractivity contribution in [1.82, 2.24) is 20.3 Å². The average molecular weight is 858 g/mol. The molecule has 0 unspecified atom stereocenters. The minimum absolute atomic E-state index is 0.317. The molecule has 0 saturated carbocycles. The summed E-state index contributed by atoms with van der Waals surface area (Å²) in [6.45, 7) is 5.91. The second-order valence-electron chi connectivity index (χ2n) is 11.6. The first kappa shape index (κ1) is 39.0. The Morgan fingerprint density at radius 2 is 1.20 bits per heavy atom. The lowest BCUT2D eigenvalue weighted by molar-refractivity contribution is 0.101. The van der Waals surface area contributed by atoms with Crippen LogP contribution in [0.3, 0.4) is 0 Å². The zero-order chi connectivity index (χ0) is 38.9. The van der Waals surface area contributed by atoms with Gasteiger partial charge in [-0.2, -0.15) is 5.26 Å². The number of nitriles is 1. The summed E-state index contributed by atoms with van der Waals surface area (Å²) in [6.07, 6.45) is 0. The van der Waals surface area contributed by atoms with Crippen molar-refractivity contribution in [3.8, 4) is 40.0 Å². The van der Waals surface area contributed by atoms with Gasteiger partial charge in [-0.1, -0.05) is 90.7 Å². The third kappa shape index (κ3) is 9.79. The Hall–Kier alpha value is -6.24. The van der Waals surface area contributed by atoms with E-state index in [2.05, 4.69) is 72.6 Å². The molecule has 1 amide bonds. The van der Waals surface area contributed by atoms with Gasteiger partial charge in [0.2, 0.25) is 0 Å². The minimum atomic E-state index is -0.928. The van der Waals surface area contributed by atoms with E-state index in [0.29, 0.717) is 28.5 Å². The summed E-state index contributed by atoms with van der Waals surface area (Å²) < 4.78 is 38.5. The van der Waals surface area contributed by atoms with E-state index < -0.39 is 34.6 Å². The van der Waals surface area contributed by atoms with E-state index in [1.165, 1.54) is 6.07 Å². The molecule has 7 rings (SSSR count). The van der Waals surface area contributed by atoms with Crippen LogP contribution in [-0.4, -0.2) is 26.2 Å². The van der Waals surface area contributed by atoms with Gasteiger partial charge in [-0.05, 0) is 97.1 Å². The second-order valence-corrected chi connectivity index (χ2v) is 13.3. The van der Waals surface area contributed by atoms with Gasteiger partial charge in [0.05, 0.1) is 11.6 Å². The number of hydrogen-bond donors (Lipinski definition) is 3. The fraction of sp³-hybridized carbons (Fsp3) is 0.0769. The Morgan fingerprint density at radius 3 is 1.70 bits per heavy atom. The number of aromatic amines is 2. The van der Waals surface area contributed by atoms with Crippen LogP contribution in [0.25, 0.3) is 33.9 Å². The summed E-state index contributed by atoms with van der Waals surface area (Å²) in [7, 11) is 0. The number of aryl methyl sites for hydroxylation is 3. The van der Waals surface area contributed by atoms with Gasteiger partial charge in [-0.15, -0.1) is 0 Å². The highest BCUT2D eigenvalue weighted by Crippen LogP contribution is 2.29. The number of benzene rings is 5. The molecule has 0 radical (unpaired) electrons. The summed E-state index contributed by atoms with van der Waals surface area (Å²) in [5.41, 5.74) is 6.92. The zero-order valence-electron chi connectivity index (χ0n) is 28.6. The highest BCUT2D eigenvalue weighted by atomic mass is 79.9. The van der Waals surface area contributed by atoms with Crippen molar-refractivity contribution >= 4 is 43.5 Å². The molecule has 7 aromatic rings. The highest BCUT2D eigenvalue weighted by Gasteiger charge is 2.17. The van der Waals surface area contributed by atoms with E-state index in [9.17, 15) is 23.2 Å². The predicted molar refractivity (Wildman–Crippen MR) is 206 cm³/mol. The van der Waals surface area contributed by atoms with Crippen molar-refractivity contribution in [1.29, 1.82) is 5.26 Å². The quantitative estimate of drug-likeness (QED) is 0.154. The number of aromatic nitrogens is 4. The molecule has 15 heteroatoms. The topological polar surface area (TPSA) is 171 Å². The molecule has 0 aliphatic rings. The molecule has 0 bridgehead atoms. The summed E-state index contributed by atoms with van der Waals surface area (Å²) in [6, 6.07) is 28.9. The summed E-state index contributed by atoms with van der Waals surface area (Å²) in [4.78, 5) is 39.1. The molecule has 0 saturated heterocycles. The van der Waals surface area contributed by atoms with Crippen LogP contribution in [0.15, 0.2) is 125 Å². The number of halogens is 4. The molecule has 2 aromatic heterocycles. The lowest BCUT2D eigenvalue weighted by atomic mass is 9.97. The van der Waals surface area contributed by atoms with E-state index in [0.717, 1.165) is 54.5 Å². The molecular formula is C39H28Br2F2N6O5. The Bertz CT molecular complexity index is 2590. The molecule has 54 heavy (non-hydrogen) atoms. The van der Waals surface area contributed by atoms with E-state index in [-0.39, 0.29) is 0 Å². The van der Waals surface area contributed by atoms with Gasteiger partial charge in [0.25, 0.3) is 5.91 Å². The van der Waals surface area contributed by atoms with Crippen molar-refractivity contribution in [2.75, 3.05) is 5.32 Å². The average Bonchev–Trinajstić information content (AvgIpc) is 3.79. The van der Waals surface area contributed by atoms with Gasteiger partial charge in [-0.3, -0.25) is 23.8 Å². The molecule has 3 N–H and O–H groups in total. The lowest BCUT2D eigenvalue weighted by Gasteiger charge is -2.10. The number of amides is 1. The van der Waals surface area contributed by atoms with Crippen LogP contribution in [-0.2, 0) is 0 Å². The molecule has 0 aliphatic heterocycles. The smallest absolute Gasteiger partial charge is 0.322 e. The first-order chi connectivity index (χ1) is 25.8. The molecular weight excluding hydrogens is 830 g/mol. The Kier molecular flexibility index (Phi) is 12.6. The van der Waals surface area contributed by atoms with Crippen LogP contribution in [0.4, 0.5) is 14.5 Å². The molecule has 5 aromatic carbocycles. The molecule has 2 heterocycles. The van der Waals surface area contributed by atoms with Gasteiger partial charge in [-0.25, -0.2) is 18.4 Å². The zero-order valence-corrected chi connectivity index (χ0v) is 31.8. The van der Waals surface area contributed by atoms with Crippen molar-refractivity contribution in [3.63, 3.8) is 0 Å². The normalized spacial score (nSPS) is 10.3. The van der Waals surface area contributed by atoms with Gasteiger partial charge in [0, 0.05) is 25.8 Å². The molecule has 0 atom stereocenters. The Morgan fingerprint density at radius 1 is 0.704 bits per heavy atom. The van der Waals surface area contributed by atoms with Gasteiger partial charge in [0.15, 0.2) is 11.6 Å². The van der Waals surface area contributed by atoms with Crippen LogP contribution in [0, 0.1) is 43.7 Å². The van der Waals surface area contributed by atoms with Gasteiger partial charge < -0.3 is 5.32 Å². The number of H-pyrrole nitrogens is 2. The van der Waals surface area contributed by atoms with Crippen LogP contribution < -0.4 is 16.8 Å². The third-order valence-electron chi connectivity index (χ3n) is 7.78. The highest BCUT2D eigenvalue weighted by molar-refractivity contribution is 9.10. The summed E-state index contributed by atoms with van der Waals surface area (Å²) in [5, 5.41) is 18.3. The van der Waals surface area contributed by atoms with Crippen molar-refractivity contribution < 1.29 is 22.6 Å². The number of carbonyl (C=O) groups excluding carboxylic acids is 1. The summed E-state index contributed by atoms with van der Waals surface area (Å²) >= 11 is 6.74. The van der Waals surface area contributed by atoms with Gasteiger partial charge in [0.1, 0.15) is 17.2 Å². The van der Waals surface area contributed by atoms with Crippen LogP contribution in [0.2, 0.25) is 0 Å². The number of nitrogens with zero attached hydrogens (tertiary/aromatic N) is 3. The third-order valence-corrected chi connectivity index (χ3v) is 9.49. The van der Waals surface area contributed by atoms with Crippen LogP contribution in [0.1, 0.15) is 32.6 Å². The monoisotopic (exact) mass is 856 g/mol. The maximum absolute atomic E-state index is 13.8. The number of rotatable bonds is 5. The fourth-order valence-electron chi connectivity index (χ4n) is 4.83. The van der Waals surface area contributed by atoms with Crippen molar-refractivity contribution in [2.24, 2.45) is 0 Å². The lowest BCUT2D eigenvalue weighted by Crippen LogP contribution is -2.15. The summed E-state index contributed by atoms with van der Waals surface area (Å²) in [5.74, 6) is -3.15. The number of nitrogens with one attached hydrogen (secondary N) is 3. The molecule has 0 aliphatic carbocycles. The largest absolute Gasteiger partial charge is 0.439 e. The van der Waals surface area contributed by atoms with Crippen molar-refractivity contribution in [3.05, 3.63) is 167 Å². The molecule has 272 valence electrons. The Labute approximate surface area is 322 Å².